The lowest BCUT2D eigenvalue weighted by Crippen LogP contribution is -2.38. The number of carbonyl (C=O) groups excluding carboxylic acids is 1. The Hall–Kier alpha value is -0.610. The Balaban J connectivity index is 1.84. The number of nitrogens with one attached hydrogen (secondary N) is 2. The van der Waals surface area contributed by atoms with Crippen molar-refractivity contribution in [1.29, 1.82) is 0 Å². The van der Waals surface area contributed by atoms with Crippen LogP contribution >= 0.6 is 0 Å². The Morgan fingerprint density at radius 3 is 2.67 bits per heavy atom. The molecule has 1 amide bonds. The molecule has 12 heavy (non-hydrogen) atoms. The molecule has 1 heterocycles. The van der Waals surface area contributed by atoms with E-state index < -0.39 is 6.10 Å². The summed E-state index contributed by atoms with van der Waals surface area (Å²) in [7, 11) is 0. The third kappa shape index (κ3) is 1.59. The standard InChI is InChI=1S/C8H14N2O2/c11-7-4-9-3-6(7)8(12)10-5-1-2-5/h5-7,9,11H,1-4H2,(H,10,12). The molecule has 1 saturated carbocycles. The predicted molar refractivity (Wildman–Crippen MR) is 43.5 cm³/mol. The molecule has 0 spiro atoms. The molecule has 0 aromatic rings. The van der Waals surface area contributed by atoms with Crippen LogP contribution < -0.4 is 10.6 Å². The number of hydrogen-bond donors (Lipinski definition) is 3. The van der Waals surface area contributed by atoms with Gasteiger partial charge in [-0.2, -0.15) is 0 Å². The lowest BCUT2D eigenvalue weighted by Gasteiger charge is -2.12. The van der Waals surface area contributed by atoms with E-state index in [9.17, 15) is 9.90 Å². The zero-order chi connectivity index (χ0) is 8.55. The van der Waals surface area contributed by atoms with Crippen LogP contribution in [0.15, 0.2) is 0 Å². The molecule has 2 atom stereocenters. The highest BCUT2D eigenvalue weighted by molar-refractivity contribution is 5.80. The predicted octanol–water partition coefficient (Wildman–Crippen LogP) is -1.15. The maximum atomic E-state index is 11.4. The first kappa shape index (κ1) is 8.01. The minimum absolute atomic E-state index is 0.00926. The normalized spacial score (nSPS) is 35.1. The highest BCUT2D eigenvalue weighted by Crippen LogP contribution is 2.20. The molecule has 2 rings (SSSR count). The van der Waals surface area contributed by atoms with Gasteiger partial charge in [-0.25, -0.2) is 0 Å². The molecule has 0 radical (unpaired) electrons. The maximum absolute atomic E-state index is 11.4. The Morgan fingerprint density at radius 2 is 2.17 bits per heavy atom. The fraction of sp³-hybridized carbons (Fsp3) is 0.875. The minimum atomic E-state index is -0.497. The molecule has 4 heteroatoms. The van der Waals surface area contributed by atoms with Crippen molar-refractivity contribution in [1.82, 2.24) is 10.6 Å². The molecule has 1 aliphatic heterocycles. The van der Waals surface area contributed by atoms with Crippen molar-refractivity contribution in [2.24, 2.45) is 5.92 Å². The molecule has 0 aromatic carbocycles. The summed E-state index contributed by atoms with van der Waals surface area (Å²) in [4.78, 5) is 11.4. The zero-order valence-corrected chi connectivity index (χ0v) is 6.92. The number of aliphatic hydroxyl groups is 1. The van der Waals surface area contributed by atoms with Crippen molar-refractivity contribution in [2.75, 3.05) is 13.1 Å². The lowest BCUT2D eigenvalue weighted by molar-refractivity contribution is -0.127. The van der Waals surface area contributed by atoms with Gasteiger partial charge in [0.05, 0.1) is 12.0 Å². The summed E-state index contributed by atoms with van der Waals surface area (Å²) in [5, 5.41) is 15.2. The van der Waals surface area contributed by atoms with Crippen molar-refractivity contribution < 1.29 is 9.90 Å². The maximum Gasteiger partial charge on any atom is 0.227 e. The lowest BCUT2D eigenvalue weighted by atomic mass is 10.1. The average molecular weight is 170 g/mol. The topological polar surface area (TPSA) is 61.4 Å². The summed E-state index contributed by atoms with van der Waals surface area (Å²) >= 11 is 0. The third-order valence-corrected chi connectivity index (χ3v) is 2.44. The molecule has 2 fully saturated rings. The minimum Gasteiger partial charge on any atom is -0.391 e. The second-order valence-corrected chi connectivity index (χ2v) is 3.61. The first-order valence-corrected chi connectivity index (χ1v) is 4.46. The van der Waals surface area contributed by atoms with Crippen LogP contribution in [0.3, 0.4) is 0 Å². The highest BCUT2D eigenvalue weighted by atomic mass is 16.3. The summed E-state index contributed by atoms with van der Waals surface area (Å²) in [5.74, 6) is -0.222. The summed E-state index contributed by atoms with van der Waals surface area (Å²) in [6, 6.07) is 0.394. The second-order valence-electron chi connectivity index (χ2n) is 3.61. The van der Waals surface area contributed by atoms with Crippen LogP contribution in [0.25, 0.3) is 0 Å². The van der Waals surface area contributed by atoms with E-state index in [1.54, 1.807) is 0 Å². The van der Waals surface area contributed by atoms with Gasteiger partial charge in [-0.05, 0) is 12.8 Å². The van der Waals surface area contributed by atoms with Crippen molar-refractivity contribution >= 4 is 5.91 Å². The van der Waals surface area contributed by atoms with E-state index in [1.807, 2.05) is 0 Å². The smallest absolute Gasteiger partial charge is 0.227 e. The molecule has 68 valence electrons. The van der Waals surface area contributed by atoms with Gasteiger partial charge in [0, 0.05) is 19.1 Å². The van der Waals surface area contributed by atoms with Crippen LogP contribution in [-0.4, -0.2) is 36.2 Å². The Morgan fingerprint density at radius 1 is 1.42 bits per heavy atom. The molecule has 0 aromatic heterocycles. The quantitative estimate of drug-likeness (QED) is 0.490. The van der Waals surface area contributed by atoms with Gasteiger partial charge in [0.2, 0.25) is 5.91 Å². The zero-order valence-electron chi connectivity index (χ0n) is 6.92. The van der Waals surface area contributed by atoms with Crippen LogP contribution in [0, 0.1) is 5.92 Å². The SMILES string of the molecule is O=C(NC1CC1)C1CNCC1O. The summed E-state index contributed by atoms with van der Waals surface area (Å²) < 4.78 is 0. The molecule has 0 bridgehead atoms. The highest BCUT2D eigenvalue weighted by Gasteiger charge is 2.34. The second kappa shape index (κ2) is 3.03. The number of β-amino-alcohol motifs (C(OH)–C–C–N with tert-alkyl or cyclic N) is 1. The van der Waals surface area contributed by atoms with Crippen molar-refractivity contribution in [3.8, 4) is 0 Å². The van der Waals surface area contributed by atoms with Crippen LogP contribution in [0.4, 0.5) is 0 Å². The van der Waals surface area contributed by atoms with Gasteiger partial charge in [-0.1, -0.05) is 0 Å². The van der Waals surface area contributed by atoms with Crippen molar-refractivity contribution in [3.05, 3.63) is 0 Å². The number of hydrogen-bond acceptors (Lipinski definition) is 3. The largest absolute Gasteiger partial charge is 0.391 e. The van der Waals surface area contributed by atoms with Gasteiger partial charge >= 0.3 is 0 Å². The molecule has 2 aliphatic rings. The Kier molecular flexibility index (Phi) is 2.02. The van der Waals surface area contributed by atoms with Gasteiger partial charge in [-0.15, -0.1) is 0 Å². The van der Waals surface area contributed by atoms with Crippen LogP contribution in [0.2, 0.25) is 0 Å². The van der Waals surface area contributed by atoms with E-state index in [-0.39, 0.29) is 11.8 Å². The van der Waals surface area contributed by atoms with E-state index in [0.717, 1.165) is 12.8 Å². The number of amides is 1. The number of aliphatic hydroxyl groups excluding tert-OH is 1. The molecule has 3 N–H and O–H groups in total. The first-order valence-electron chi connectivity index (χ1n) is 4.46. The van der Waals surface area contributed by atoms with Gasteiger partial charge in [0.25, 0.3) is 0 Å². The van der Waals surface area contributed by atoms with Gasteiger partial charge in [-0.3, -0.25) is 4.79 Å². The molecule has 2 unspecified atom stereocenters. The summed E-state index contributed by atoms with van der Waals surface area (Å²) in [6.07, 6.45) is 1.70. The van der Waals surface area contributed by atoms with Gasteiger partial charge in [0.15, 0.2) is 0 Å². The molecule has 1 saturated heterocycles. The summed E-state index contributed by atoms with van der Waals surface area (Å²) in [6.45, 7) is 1.16. The molecule has 4 nitrogen and oxygen atoms in total. The average Bonchev–Trinajstić information content (AvgIpc) is 2.72. The van der Waals surface area contributed by atoms with E-state index in [4.69, 9.17) is 0 Å². The van der Waals surface area contributed by atoms with Crippen LogP contribution in [0.1, 0.15) is 12.8 Å². The Bertz CT molecular complexity index is 191. The van der Waals surface area contributed by atoms with Crippen LogP contribution in [0.5, 0.6) is 0 Å². The van der Waals surface area contributed by atoms with Gasteiger partial charge < -0.3 is 15.7 Å². The number of carbonyl (C=O) groups is 1. The monoisotopic (exact) mass is 170 g/mol. The van der Waals surface area contributed by atoms with E-state index in [1.165, 1.54) is 0 Å². The molecule has 1 aliphatic carbocycles. The van der Waals surface area contributed by atoms with Crippen molar-refractivity contribution in [3.63, 3.8) is 0 Å². The van der Waals surface area contributed by atoms with Crippen molar-refractivity contribution in [2.45, 2.75) is 25.0 Å². The Labute approximate surface area is 71.3 Å². The summed E-state index contributed by atoms with van der Waals surface area (Å²) in [5.41, 5.74) is 0. The molecular formula is C8H14N2O2. The third-order valence-electron chi connectivity index (χ3n) is 2.44. The van der Waals surface area contributed by atoms with E-state index in [0.29, 0.717) is 19.1 Å². The fourth-order valence-corrected chi connectivity index (χ4v) is 1.47. The van der Waals surface area contributed by atoms with Crippen LogP contribution in [-0.2, 0) is 4.79 Å². The van der Waals surface area contributed by atoms with Gasteiger partial charge in [0.1, 0.15) is 0 Å². The fourth-order valence-electron chi connectivity index (χ4n) is 1.47. The van der Waals surface area contributed by atoms with E-state index >= 15 is 0 Å². The first-order chi connectivity index (χ1) is 5.77. The number of rotatable bonds is 2. The molecular weight excluding hydrogens is 156 g/mol. The van der Waals surface area contributed by atoms with E-state index in [2.05, 4.69) is 10.6 Å².